The Morgan fingerprint density at radius 1 is 0.950 bits per heavy atom. The van der Waals surface area contributed by atoms with Gasteiger partial charge in [-0.15, -0.1) is 0 Å². The maximum atomic E-state index is 9.65. The molecule has 3 aromatic carbocycles. The summed E-state index contributed by atoms with van der Waals surface area (Å²) in [5.74, 6) is 2.45. The topological polar surface area (TPSA) is 110 Å². The molecule has 0 radical (unpaired) electrons. The number of fused-ring (bicyclic) bond motifs is 1. The second-order valence-electron chi connectivity index (χ2n) is 10.5. The molecule has 0 fully saturated rings. The number of ether oxygens (including phenoxy) is 4. The first kappa shape index (κ1) is 30.0. The van der Waals surface area contributed by atoms with Gasteiger partial charge in [-0.3, -0.25) is 0 Å². The number of rotatable bonds is 13. The second-order valence-corrected chi connectivity index (χ2v) is 10.9. The standard InChI is InChI=1S/C31H38ClNO7/c1-20(15-34)16-39-28-13-29(26(32)11-24(28)14-33-31(3,18-35)19-36)40-17-23-5-4-6-25(21(23)2)22-7-8-27-30(12-22)38-10-9-37-27/h4-8,11-13,20,33-36H,9-10,14-19H2,1-3H3/t20-/m1/s1. The van der Waals surface area contributed by atoms with Gasteiger partial charge in [0.05, 0.1) is 30.4 Å². The summed E-state index contributed by atoms with van der Waals surface area (Å²) in [5, 5.41) is 32.3. The molecule has 0 spiro atoms. The Hall–Kier alpha value is -3.01. The molecular formula is C31H38ClNO7. The van der Waals surface area contributed by atoms with E-state index in [2.05, 4.69) is 18.3 Å². The molecule has 0 bridgehead atoms. The summed E-state index contributed by atoms with van der Waals surface area (Å²) in [4.78, 5) is 0. The molecule has 4 N–H and O–H groups in total. The molecule has 0 aromatic heterocycles. The van der Waals surface area contributed by atoms with Crippen molar-refractivity contribution in [3.05, 3.63) is 70.2 Å². The van der Waals surface area contributed by atoms with E-state index in [1.807, 2.05) is 37.3 Å². The van der Waals surface area contributed by atoms with Crippen LogP contribution in [-0.2, 0) is 13.2 Å². The van der Waals surface area contributed by atoms with E-state index in [1.54, 1.807) is 19.1 Å². The molecule has 1 aliphatic rings. The Morgan fingerprint density at radius 3 is 2.42 bits per heavy atom. The first-order chi connectivity index (χ1) is 19.3. The van der Waals surface area contributed by atoms with E-state index < -0.39 is 5.54 Å². The lowest BCUT2D eigenvalue weighted by atomic mass is 9.96. The summed E-state index contributed by atoms with van der Waals surface area (Å²) in [5.41, 5.74) is 4.07. The predicted molar refractivity (Wildman–Crippen MR) is 155 cm³/mol. The van der Waals surface area contributed by atoms with Gasteiger partial charge >= 0.3 is 0 Å². The number of hydrogen-bond acceptors (Lipinski definition) is 8. The van der Waals surface area contributed by atoms with E-state index >= 15 is 0 Å². The monoisotopic (exact) mass is 571 g/mol. The lowest BCUT2D eigenvalue weighted by Crippen LogP contribution is -2.48. The van der Waals surface area contributed by atoms with E-state index in [-0.39, 0.29) is 25.7 Å². The molecule has 0 unspecified atom stereocenters. The summed E-state index contributed by atoms with van der Waals surface area (Å²) in [6.45, 7) is 7.18. The smallest absolute Gasteiger partial charge is 0.161 e. The van der Waals surface area contributed by atoms with Crippen molar-refractivity contribution in [2.45, 2.75) is 39.5 Å². The van der Waals surface area contributed by atoms with Gasteiger partial charge in [0.1, 0.15) is 31.3 Å². The molecule has 40 heavy (non-hydrogen) atoms. The van der Waals surface area contributed by atoms with Crippen molar-refractivity contribution in [1.82, 2.24) is 5.32 Å². The normalized spacial score (nSPS) is 13.7. The Morgan fingerprint density at radius 2 is 1.70 bits per heavy atom. The Balaban J connectivity index is 1.55. The highest BCUT2D eigenvalue weighted by Crippen LogP contribution is 2.37. The average molecular weight is 572 g/mol. The van der Waals surface area contributed by atoms with E-state index in [1.165, 1.54) is 0 Å². The van der Waals surface area contributed by atoms with Crippen LogP contribution < -0.4 is 24.3 Å². The number of benzene rings is 3. The number of hydrogen-bond donors (Lipinski definition) is 4. The number of aliphatic hydroxyl groups excluding tert-OH is 3. The molecule has 1 aliphatic heterocycles. The van der Waals surface area contributed by atoms with Crippen LogP contribution in [0.15, 0.2) is 48.5 Å². The maximum absolute atomic E-state index is 9.65. The van der Waals surface area contributed by atoms with E-state index in [0.29, 0.717) is 49.5 Å². The van der Waals surface area contributed by atoms with Crippen molar-refractivity contribution < 1.29 is 34.3 Å². The van der Waals surface area contributed by atoms with Gasteiger partial charge in [-0.1, -0.05) is 42.8 Å². The summed E-state index contributed by atoms with van der Waals surface area (Å²) >= 11 is 6.64. The minimum atomic E-state index is -0.864. The fourth-order valence-electron chi connectivity index (χ4n) is 4.23. The van der Waals surface area contributed by atoms with Gasteiger partial charge in [-0.2, -0.15) is 0 Å². The van der Waals surface area contributed by atoms with Crippen LogP contribution in [0.1, 0.15) is 30.5 Å². The summed E-state index contributed by atoms with van der Waals surface area (Å²) < 4.78 is 23.7. The molecule has 3 aromatic rings. The lowest BCUT2D eigenvalue weighted by molar-refractivity contribution is 0.102. The van der Waals surface area contributed by atoms with Crippen molar-refractivity contribution >= 4 is 11.6 Å². The molecule has 4 rings (SSSR count). The minimum Gasteiger partial charge on any atom is -0.493 e. The van der Waals surface area contributed by atoms with Crippen LogP contribution >= 0.6 is 11.6 Å². The first-order valence-corrected chi connectivity index (χ1v) is 13.8. The van der Waals surface area contributed by atoms with Gasteiger partial charge in [-0.05, 0) is 54.3 Å². The number of aliphatic hydroxyl groups is 3. The zero-order chi connectivity index (χ0) is 28.7. The van der Waals surface area contributed by atoms with Gasteiger partial charge in [0.2, 0.25) is 0 Å². The zero-order valence-electron chi connectivity index (χ0n) is 23.2. The zero-order valence-corrected chi connectivity index (χ0v) is 24.0. The van der Waals surface area contributed by atoms with Crippen LogP contribution in [0, 0.1) is 12.8 Å². The third kappa shape index (κ3) is 7.19. The maximum Gasteiger partial charge on any atom is 0.161 e. The van der Waals surface area contributed by atoms with Crippen LogP contribution in [0.4, 0.5) is 0 Å². The lowest BCUT2D eigenvalue weighted by Gasteiger charge is -2.27. The van der Waals surface area contributed by atoms with Crippen molar-refractivity contribution in [3.8, 4) is 34.1 Å². The van der Waals surface area contributed by atoms with Gasteiger partial charge < -0.3 is 39.6 Å². The van der Waals surface area contributed by atoms with Gasteiger partial charge in [0.15, 0.2) is 11.5 Å². The molecule has 0 aliphatic carbocycles. The van der Waals surface area contributed by atoms with Crippen molar-refractivity contribution in [1.29, 1.82) is 0 Å². The van der Waals surface area contributed by atoms with Gasteiger partial charge in [0, 0.05) is 30.7 Å². The minimum absolute atomic E-state index is 0.00336. The SMILES string of the molecule is Cc1c(COc2cc(OC[C@H](C)CO)c(CNC(C)(CO)CO)cc2Cl)cccc1-c1ccc2c(c1)OCCO2. The Kier molecular flexibility index (Phi) is 10.2. The van der Waals surface area contributed by atoms with Gasteiger partial charge in [0.25, 0.3) is 0 Å². The summed E-state index contributed by atoms with van der Waals surface area (Å²) in [6, 6.07) is 15.6. The summed E-state index contributed by atoms with van der Waals surface area (Å²) in [6.07, 6.45) is 0. The molecule has 9 heteroatoms. The van der Waals surface area contributed by atoms with Crippen LogP contribution in [-0.4, -0.2) is 60.5 Å². The first-order valence-electron chi connectivity index (χ1n) is 13.4. The van der Waals surface area contributed by atoms with Crippen LogP contribution in [0.3, 0.4) is 0 Å². The Bertz CT molecular complexity index is 1290. The third-order valence-electron chi connectivity index (χ3n) is 7.04. The van der Waals surface area contributed by atoms with E-state index in [4.69, 9.17) is 30.5 Å². The molecule has 0 saturated heterocycles. The highest BCUT2D eigenvalue weighted by Gasteiger charge is 2.23. The van der Waals surface area contributed by atoms with Gasteiger partial charge in [-0.25, -0.2) is 0 Å². The fraction of sp³-hybridized carbons (Fsp3) is 0.419. The van der Waals surface area contributed by atoms with Crippen molar-refractivity contribution in [2.75, 3.05) is 39.6 Å². The predicted octanol–water partition coefficient (Wildman–Crippen LogP) is 4.51. The highest BCUT2D eigenvalue weighted by molar-refractivity contribution is 6.32. The third-order valence-corrected chi connectivity index (χ3v) is 7.33. The Labute approximate surface area is 240 Å². The molecule has 0 saturated carbocycles. The molecule has 0 amide bonds. The molecule has 1 atom stereocenters. The summed E-state index contributed by atoms with van der Waals surface area (Å²) in [7, 11) is 0. The average Bonchev–Trinajstić information content (AvgIpc) is 2.98. The highest BCUT2D eigenvalue weighted by atomic mass is 35.5. The fourth-order valence-corrected chi connectivity index (χ4v) is 4.47. The van der Waals surface area contributed by atoms with Crippen molar-refractivity contribution in [2.24, 2.45) is 5.92 Å². The number of halogens is 1. The van der Waals surface area contributed by atoms with E-state index in [9.17, 15) is 15.3 Å². The molecule has 8 nitrogen and oxygen atoms in total. The van der Waals surface area contributed by atoms with E-state index in [0.717, 1.165) is 39.3 Å². The van der Waals surface area contributed by atoms with Crippen molar-refractivity contribution in [3.63, 3.8) is 0 Å². The number of nitrogens with one attached hydrogen (secondary N) is 1. The molecule has 1 heterocycles. The van der Waals surface area contributed by atoms with Crippen LogP contribution in [0.2, 0.25) is 5.02 Å². The molecular weight excluding hydrogens is 534 g/mol. The second kappa shape index (κ2) is 13.6. The largest absolute Gasteiger partial charge is 0.493 e. The quantitative estimate of drug-likeness (QED) is 0.237. The van der Waals surface area contributed by atoms with Crippen LogP contribution in [0.5, 0.6) is 23.0 Å². The van der Waals surface area contributed by atoms with Crippen LogP contribution in [0.25, 0.3) is 11.1 Å². The molecule has 216 valence electrons.